The van der Waals surface area contributed by atoms with Gasteiger partial charge in [-0.05, 0) is 54.6 Å². The van der Waals surface area contributed by atoms with Gasteiger partial charge >= 0.3 is 0 Å². The minimum absolute atomic E-state index is 0.0290. The molecule has 0 aliphatic heterocycles. The molecule has 2 nitrogen and oxygen atoms in total. The molecule has 0 amide bonds. The SMILES string of the molecule is [Si]CC(N(c1ccccc1)c1ccccc1)N(c1ccccc1)c1ccccc1. The molecule has 3 radical (unpaired) electrons. The molecule has 0 aliphatic carbocycles. The van der Waals surface area contributed by atoms with Gasteiger partial charge in [0.15, 0.2) is 0 Å². The summed E-state index contributed by atoms with van der Waals surface area (Å²) in [4.78, 5) is 4.76. The fourth-order valence-corrected chi connectivity index (χ4v) is 4.00. The second-order valence-corrected chi connectivity index (χ2v) is 7.18. The highest BCUT2D eigenvalue weighted by atomic mass is 28.1. The highest BCUT2D eigenvalue weighted by Gasteiger charge is 2.27. The molecule has 0 aromatic heterocycles. The zero-order valence-corrected chi connectivity index (χ0v) is 17.2. The van der Waals surface area contributed by atoms with E-state index in [1.807, 2.05) is 0 Å². The molecule has 0 aliphatic rings. The van der Waals surface area contributed by atoms with Crippen LogP contribution in [0.4, 0.5) is 22.7 Å². The molecule has 4 aromatic carbocycles. The Kier molecular flexibility index (Phi) is 6.08. The Bertz CT molecular complexity index is 830. The van der Waals surface area contributed by atoms with Gasteiger partial charge in [-0.3, -0.25) is 0 Å². The molecule has 0 fully saturated rings. The van der Waals surface area contributed by atoms with Crippen LogP contribution in [-0.2, 0) is 0 Å². The summed E-state index contributed by atoms with van der Waals surface area (Å²) in [7, 11) is 3.88. The normalized spacial score (nSPS) is 10.7. The third-order valence-corrected chi connectivity index (χ3v) is 5.28. The van der Waals surface area contributed by atoms with Crippen LogP contribution in [0, 0.1) is 0 Å². The van der Waals surface area contributed by atoms with Gasteiger partial charge in [-0.2, -0.15) is 0 Å². The molecule has 141 valence electrons. The lowest BCUT2D eigenvalue weighted by Crippen LogP contribution is -2.44. The fourth-order valence-electron chi connectivity index (χ4n) is 3.64. The molecular formula is C26H23N2Si. The van der Waals surface area contributed by atoms with E-state index in [-0.39, 0.29) is 6.17 Å². The largest absolute Gasteiger partial charge is 0.321 e. The van der Waals surface area contributed by atoms with Gasteiger partial charge in [0.05, 0.1) is 0 Å². The zero-order valence-electron chi connectivity index (χ0n) is 16.2. The highest BCUT2D eigenvalue weighted by molar-refractivity contribution is 6.09. The number of para-hydroxylation sites is 4. The van der Waals surface area contributed by atoms with E-state index < -0.39 is 0 Å². The number of anilines is 4. The van der Waals surface area contributed by atoms with Crippen molar-refractivity contribution in [3.63, 3.8) is 0 Å². The van der Waals surface area contributed by atoms with Crippen LogP contribution >= 0.6 is 0 Å². The summed E-state index contributed by atoms with van der Waals surface area (Å²) in [5, 5.41) is 0. The van der Waals surface area contributed by atoms with E-state index in [0.29, 0.717) is 0 Å². The predicted molar refractivity (Wildman–Crippen MR) is 124 cm³/mol. The summed E-state index contributed by atoms with van der Waals surface area (Å²) in [6.45, 7) is 0. The van der Waals surface area contributed by atoms with Crippen molar-refractivity contribution in [2.45, 2.75) is 12.2 Å². The summed E-state index contributed by atoms with van der Waals surface area (Å²) in [5.74, 6) is 0. The quantitative estimate of drug-likeness (QED) is 0.259. The number of nitrogens with zero attached hydrogens (tertiary/aromatic N) is 2. The predicted octanol–water partition coefficient (Wildman–Crippen LogP) is 6.58. The summed E-state index contributed by atoms with van der Waals surface area (Å²) in [5.41, 5.74) is 4.61. The Morgan fingerprint density at radius 2 is 0.690 bits per heavy atom. The van der Waals surface area contributed by atoms with E-state index in [9.17, 15) is 0 Å². The third-order valence-electron chi connectivity index (χ3n) is 4.92. The number of hydrogen-bond acceptors (Lipinski definition) is 2. The Labute approximate surface area is 176 Å². The number of hydrogen-bond donors (Lipinski definition) is 0. The fraction of sp³-hybridized carbons (Fsp3) is 0.0769. The van der Waals surface area contributed by atoms with Crippen LogP contribution in [0.2, 0.25) is 6.04 Å². The Morgan fingerprint density at radius 3 is 0.897 bits per heavy atom. The molecule has 0 bridgehead atoms. The van der Waals surface area contributed by atoms with Crippen molar-refractivity contribution in [3.05, 3.63) is 121 Å². The number of rotatable bonds is 7. The Hall–Kier alpha value is -3.30. The van der Waals surface area contributed by atoms with Gasteiger partial charge in [0, 0.05) is 33.0 Å². The van der Waals surface area contributed by atoms with Crippen LogP contribution in [0.5, 0.6) is 0 Å². The maximum Gasteiger partial charge on any atom is 0.108 e. The van der Waals surface area contributed by atoms with Crippen molar-refractivity contribution in [1.29, 1.82) is 0 Å². The molecule has 0 atom stereocenters. The van der Waals surface area contributed by atoms with E-state index in [1.165, 1.54) is 0 Å². The van der Waals surface area contributed by atoms with Gasteiger partial charge in [-0.1, -0.05) is 72.8 Å². The average molecular weight is 392 g/mol. The summed E-state index contributed by atoms with van der Waals surface area (Å²) in [6, 6.07) is 43.0. The van der Waals surface area contributed by atoms with Crippen LogP contribution < -0.4 is 9.80 Å². The van der Waals surface area contributed by atoms with Gasteiger partial charge in [0.1, 0.15) is 6.17 Å². The van der Waals surface area contributed by atoms with Crippen LogP contribution in [0.15, 0.2) is 121 Å². The maximum absolute atomic E-state index is 3.88. The van der Waals surface area contributed by atoms with Gasteiger partial charge in [0.25, 0.3) is 0 Å². The molecular weight excluding hydrogens is 368 g/mol. The molecule has 0 spiro atoms. The molecule has 0 heterocycles. The average Bonchev–Trinajstić information content (AvgIpc) is 2.81. The molecule has 3 heteroatoms. The van der Waals surface area contributed by atoms with E-state index in [1.54, 1.807) is 0 Å². The maximum atomic E-state index is 3.88. The zero-order chi connectivity index (χ0) is 19.9. The molecule has 4 rings (SSSR count). The van der Waals surface area contributed by atoms with E-state index in [2.05, 4.69) is 141 Å². The monoisotopic (exact) mass is 391 g/mol. The Morgan fingerprint density at radius 1 is 0.448 bits per heavy atom. The standard InChI is InChI=1S/C26H23N2Si/c29-21-26(27(22-13-5-1-6-14-22)23-15-7-2-8-16-23)28(24-17-9-3-10-18-24)25-19-11-4-12-20-25/h1-20,26H,21H2. The first-order valence-corrected chi connectivity index (χ1v) is 10.5. The van der Waals surface area contributed by atoms with E-state index in [4.69, 9.17) is 0 Å². The van der Waals surface area contributed by atoms with Crippen LogP contribution in [0.3, 0.4) is 0 Å². The van der Waals surface area contributed by atoms with Crippen LogP contribution in [-0.4, -0.2) is 16.4 Å². The van der Waals surface area contributed by atoms with E-state index >= 15 is 0 Å². The van der Waals surface area contributed by atoms with Crippen molar-refractivity contribution >= 4 is 33.0 Å². The minimum atomic E-state index is 0.0290. The van der Waals surface area contributed by atoms with Crippen molar-refractivity contribution in [3.8, 4) is 0 Å². The summed E-state index contributed by atoms with van der Waals surface area (Å²) < 4.78 is 0. The van der Waals surface area contributed by atoms with Gasteiger partial charge < -0.3 is 9.80 Å². The summed E-state index contributed by atoms with van der Waals surface area (Å²) >= 11 is 0. The van der Waals surface area contributed by atoms with Crippen molar-refractivity contribution in [1.82, 2.24) is 0 Å². The first-order chi connectivity index (χ1) is 14.4. The molecule has 0 unspecified atom stereocenters. The molecule has 4 aromatic rings. The van der Waals surface area contributed by atoms with Gasteiger partial charge in [-0.25, -0.2) is 0 Å². The smallest absolute Gasteiger partial charge is 0.108 e. The molecule has 0 N–H and O–H groups in total. The lowest BCUT2D eigenvalue weighted by molar-refractivity contribution is 0.720. The van der Waals surface area contributed by atoms with E-state index in [0.717, 1.165) is 28.8 Å². The first-order valence-electron chi connectivity index (χ1n) is 9.82. The third kappa shape index (κ3) is 4.25. The second-order valence-electron chi connectivity index (χ2n) is 6.77. The second kappa shape index (κ2) is 9.26. The number of benzene rings is 4. The van der Waals surface area contributed by atoms with Gasteiger partial charge in [-0.15, -0.1) is 0 Å². The minimum Gasteiger partial charge on any atom is -0.321 e. The van der Waals surface area contributed by atoms with Crippen molar-refractivity contribution in [2.24, 2.45) is 0 Å². The van der Waals surface area contributed by atoms with Crippen molar-refractivity contribution in [2.75, 3.05) is 9.80 Å². The van der Waals surface area contributed by atoms with Gasteiger partial charge in [0.2, 0.25) is 0 Å². The Balaban J connectivity index is 1.88. The molecule has 0 saturated heterocycles. The first kappa shape index (κ1) is 19.0. The molecule has 0 saturated carbocycles. The summed E-state index contributed by atoms with van der Waals surface area (Å²) in [6.07, 6.45) is 0.0290. The lowest BCUT2D eigenvalue weighted by atomic mass is 10.1. The topological polar surface area (TPSA) is 6.48 Å². The van der Waals surface area contributed by atoms with Crippen LogP contribution in [0.25, 0.3) is 0 Å². The molecule has 29 heavy (non-hydrogen) atoms. The lowest BCUT2D eigenvalue weighted by Gasteiger charge is -2.42. The van der Waals surface area contributed by atoms with Crippen LogP contribution in [0.1, 0.15) is 0 Å². The van der Waals surface area contributed by atoms with Crippen molar-refractivity contribution < 1.29 is 0 Å². The highest BCUT2D eigenvalue weighted by Crippen LogP contribution is 2.36.